The molecule has 0 aliphatic rings. The highest BCUT2D eigenvalue weighted by Gasteiger charge is 2.15. The largest absolute Gasteiger partial charge is 0.507 e. The zero-order valence-electron chi connectivity index (χ0n) is 11.0. The molecule has 0 fully saturated rings. The van der Waals surface area contributed by atoms with Crippen molar-refractivity contribution in [1.82, 2.24) is 10.1 Å². The Morgan fingerprint density at radius 1 is 1.05 bits per heavy atom. The van der Waals surface area contributed by atoms with Crippen LogP contribution >= 0.6 is 0 Å². The van der Waals surface area contributed by atoms with Crippen molar-refractivity contribution in [2.24, 2.45) is 0 Å². The number of phenolic OH excluding ortho intramolecular Hbond substituents is 1. The van der Waals surface area contributed by atoms with Crippen LogP contribution < -0.4 is 0 Å². The molecule has 0 aliphatic heterocycles. The van der Waals surface area contributed by atoms with Crippen LogP contribution in [0.25, 0.3) is 22.8 Å². The summed E-state index contributed by atoms with van der Waals surface area (Å²) >= 11 is 0. The fourth-order valence-corrected chi connectivity index (χ4v) is 1.91. The zero-order valence-corrected chi connectivity index (χ0v) is 11.0. The van der Waals surface area contributed by atoms with E-state index in [0.717, 1.165) is 17.7 Å². The summed E-state index contributed by atoms with van der Waals surface area (Å²) in [5.41, 5.74) is 1.59. The lowest BCUT2D eigenvalue weighted by Crippen LogP contribution is -1.87. The van der Waals surface area contributed by atoms with Crippen molar-refractivity contribution in [3.63, 3.8) is 0 Å². The first-order valence-corrected chi connectivity index (χ1v) is 6.14. The van der Waals surface area contributed by atoms with Crippen molar-refractivity contribution in [1.29, 1.82) is 0 Å². The van der Waals surface area contributed by atoms with E-state index in [2.05, 4.69) is 10.1 Å². The molecule has 0 spiro atoms. The average Bonchev–Trinajstić information content (AvgIpc) is 2.94. The number of hydrogen-bond acceptors (Lipinski definition) is 4. The number of phenols is 1. The minimum absolute atomic E-state index is 0.00101. The van der Waals surface area contributed by atoms with Crippen LogP contribution in [0.4, 0.5) is 8.78 Å². The van der Waals surface area contributed by atoms with Gasteiger partial charge >= 0.3 is 0 Å². The summed E-state index contributed by atoms with van der Waals surface area (Å²) in [6.07, 6.45) is 0. The molecule has 0 amide bonds. The van der Waals surface area contributed by atoms with E-state index >= 15 is 0 Å². The number of nitrogens with zero attached hydrogens (tertiary/aromatic N) is 2. The fraction of sp³-hybridized carbons (Fsp3) is 0.0667. The van der Waals surface area contributed by atoms with Gasteiger partial charge in [0, 0.05) is 5.56 Å². The Kier molecular flexibility index (Phi) is 3.13. The Balaban J connectivity index is 2.03. The molecule has 0 aliphatic carbocycles. The molecular formula is C15H10F2N2O2. The molecule has 4 nitrogen and oxygen atoms in total. The molecule has 1 heterocycles. The smallest absolute Gasteiger partial charge is 0.262 e. The number of halogens is 2. The van der Waals surface area contributed by atoms with Crippen LogP contribution in [0, 0.1) is 18.6 Å². The first kappa shape index (κ1) is 13.2. The molecular weight excluding hydrogens is 278 g/mol. The van der Waals surface area contributed by atoms with E-state index in [1.165, 1.54) is 12.1 Å². The lowest BCUT2D eigenvalue weighted by Gasteiger charge is -2.00. The molecule has 1 aromatic heterocycles. The van der Waals surface area contributed by atoms with E-state index in [1.807, 2.05) is 6.92 Å². The minimum Gasteiger partial charge on any atom is -0.507 e. The normalized spacial score (nSPS) is 10.8. The topological polar surface area (TPSA) is 59.2 Å². The van der Waals surface area contributed by atoms with E-state index in [1.54, 1.807) is 12.1 Å². The highest BCUT2D eigenvalue weighted by Crippen LogP contribution is 2.30. The van der Waals surface area contributed by atoms with E-state index in [9.17, 15) is 13.9 Å². The summed E-state index contributed by atoms with van der Waals surface area (Å²) in [6, 6.07) is 8.28. The molecule has 0 bridgehead atoms. The van der Waals surface area contributed by atoms with Gasteiger partial charge in [0.1, 0.15) is 5.75 Å². The first-order valence-electron chi connectivity index (χ1n) is 6.14. The number of aromatic hydroxyl groups is 1. The van der Waals surface area contributed by atoms with Crippen LogP contribution in [-0.4, -0.2) is 15.2 Å². The molecule has 0 atom stereocenters. The van der Waals surface area contributed by atoms with Crippen LogP contribution in [0.1, 0.15) is 5.56 Å². The summed E-state index contributed by atoms with van der Waals surface area (Å²) in [6.45, 7) is 1.86. The maximum Gasteiger partial charge on any atom is 0.262 e. The second-order valence-corrected chi connectivity index (χ2v) is 4.57. The van der Waals surface area contributed by atoms with Gasteiger partial charge in [0.25, 0.3) is 5.89 Å². The second-order valence-electron chi connectivity index (χ2n) is 4.57. The monoisotopic (exact) mass is 288 g/mol. The number of aryl methyl sites for hydroxylation is 1. The molecule has 6 heteroatoms. The van der Waals surface area contributed by atoms with Crippen molar-refractivity contribution in [3.8, 4) is 28.6 Å². The third-order valence-electron chi connectivity index (χ3n) is 2.99. The maximum absolute atomic E-state index is 13.2. The average molecular weight is 288 g/mol. The number of benzene rings is 2. The van der Waals surface area contributed by atoms with Crippen molar-refractivity contribution >= 4 is 0 Å². The number of hydrogen-bond donors (Lipinski definition) is 1. The van der Waals surface area contributed by atoms with Crippen LogP contribution in [0.5, 0.6) is 5.75 Å². The molecule has 3 rings (SSSR count). The molecule has 2 aromatic carbocycles. The van der Waals surface area contributed by atoms with Crippen molar-refractivity contribution in [2.75, 3.05) is 0 Å². The summed E-state index contributed by atoms with van der Waals surface area (Å²) in [7, 11) is 0. The minimum atomic E-state index is -0.989. The Bertz CT molecular complexity index is 815. The van der Waals surface area contributed by atoms with Crippen LogP contribution in [0.3, 0.4) is 0 Å². The standard InChI is InChI=1S/C15H10F2N2O2/c1-8-2-5-13(20)10(6-8)15-18-14(19-21-15)9-3-4-11(16)12(17)7-9/h2-7,20H,1H3. The second kappa shape index (κ2) is 4.97. The summed E-state index contributed by atoms with van der Waals surface area (Å²) in [5, 5.41) is 13.5. The SMILES string of the molecule is Cc1ccc(O)c(-c2nc(-c3ccc(F)c(F)c3)no2)c1. The third kappa shape index (κ3) is 2.47. The molecule has 0 unspecified atom stereocenters. The lowest BCUT2D eigenvalue weighted by molar-refractivity contribution is 0.425. The first-order chi connectivity index (χ1) is 10.0. The van der Waals surface area contributed by atoms with Crippen molar-refractivity contribution < 1.29 is 18.4 Å². The van der Waals surface area contributed by atoms with Crippen LogP contribution in [0.2, 0.25) is 0 Å². The Morgan fingerprint density at radius 3 is 2.62 bits per heavy atom. The summed E-state index contributed by atoms with van der Waals surface area (Å²) in [4.78, 5) is 4.10. The van der Waals surface area contributed by atoms with Gasteiger partial charge in [-0.1, -0.05) is 16.8 Å². The van der Waals surface area contributed by atoms with Gasteiger partial charge in [0.15, 0.2) is 11.6 Å². The van der Waals surface area contributed by atoms with Gasteiger partial charge in [-0.25, -0.2) is 8.78 Å². The number of rotatable bonds is 2. The molecule has 3 aromatic rings. The molecule has 106 valence electrons. The molecule has 0 radical (unpaired) electrons. The van der Waals surface area contributed by atoms with Gasteiger partial charge < -0.3 is 9.63 Å². The van der Waals surface area contributed by atoms with E-state index in [4.69, 9.17) is 4.52 Å². The molecule has 1 N–H and O–H groups in total. The molecule has 0 saturated carbocycles. The Morgan fingerprint density at radius 2 is 1.86 bits per heavy atom. The van der Waals surface area contributed by atoms with E-state index in [-0.39, 0.29) is 23.0 Å². The predicted molar refractivity (Wildman–Crippen MR) is 71.5 cm³/mol. The molecule has 21 heavy (non-hydrogen) atoms. The van der Waals surface area contributed by atoms with Crippen LogP contribution in [0.15, 0.2) is 40.9 Å². The maximum atomic E-state index is 13.2. The van der Waals surface area contributed by atoms with E-state index < -0.39 is 11.6 Å². The lowest BCUT2D eigenvalue weighted by atomic mass is 10.1. The van der Waals surface area contributed by atoms with Gasteiger partial charge in [-0.05, 0) is 37.3 Å². The zero-order chi connectivity index (χ0) is 15.0. The van der Waals surface area contributed by atoms with E-state index in [0.29, 0.717) is 5.56 Å². The van der Waals surface area contributed by atoms with Crippen molar-refractivity contribution in [3.05, 3.63) is 53.6 Å². The van der Waals surface area contributed by atoms with Gasteiger partial charge in [-0.2, -0.15) is 4.98 Å². The quantitative estimate of drug-likeness (QED) is 0.781. The van der Waals surface area contributed by atoms with Gasteiger partial charge in [-0.3, -0.25) is 0 Å². The Labute approximate surface area is 118 Å². The summed E-state index contributed by atoms with van der Waals surface area (Å²) < 4.78 is 31.2. The van der Waals surface area contributed by atoms with Crippen molar-refractivity contribution in [2.45, 2.75) is 6.92 Å². The fourth-order valence-electron chi connectivity index (χ4n) is 1.91. The van der Waals surface area contributed by atoms with Gasteiger partial charge in [-0.15, -0.1) is 0 Å². The highest BCUT2D eigenvalue weighted by molar-refractivity contribution is 5.65. The highest BCUT2D eigenvalue weighted by atomic mass is 19.2. The summed E-state index contributed by atoms with van der Waals surface area (Å²) in [5.74, 6) is -1.71. The Hall–Kier alpha value is -2.76. The number of aromatic nitrogens is 2. The van der Waals surface area contributed by atoms with Crippen LogP contribution in [-0.2, 0) is 0 Å². The van der Waals surface area contributed by atoms with Gasteiger partial charge in [0.2, 0.25) is 5.82 Å². The molecule has 0 saturated heterocycles. The predicted octanol–water partition coefficient (Wildman–Crippen LogP) is 3.70. The third-order valence-corrected chi connectivity index (χ3v) is 2.99. The van der Waals surface area contributed by atoms with Gasteiger partial charge in [0.05, 0.1) is 5.56 Å².